The number of hydrogen-bond donors (Lipinski definition) is 0. The summed E-state index contributed by atoms with van der Waals surface area (Å²) in [6.45, 7) is 1.86. The van der Waals surface area contributed by atoms with E-state index >= 15 is 0 Å². The van der Waals surface area contributed by atoms with Crippen LogP contribution < -0.4 is 0 Å². The van der Waals surface area contributed by atoms with Crippen molar-refractivity contribution in [2.75, 3.05) is 0 Å². The summed E-state index contributed by atoms with van der Waals surface area (Å²) in [4.78, 5) is 0. The molecule has 0 fully saturated rings. The second-order valence-corrected chi connectivity index (χ2v) is 1.84. The zero-order chi connectivity index (χ0) is 5.28. The average molecular weight is 165 g/mol. The molecule has 40 valence electrons. The molecule has 1 aromatic heterocycles. The molecule has 0 radical (unpaired) electrons. The first kappa shape index (κ1) is 4.97. The molecule has 0 unspecified atom stereocenters. The van der Waals surface area contributed by atoms with Crippen LogP contribution in [0, 0.1) is 6.92 Å². The van der Waals surface area contributed by atoms with Gasteiger partial charge in [0.1, 0.15) is 0 Å². The minimum atomic E-state index is 0.749. The fourth-order valence-corrected chi connectivity index (χ4v) is 0.789. The molecule has 0 aliphatic heterocycles. The average Bonchev–Trinajstić information content (AvgIpc) is 1.65. The molecular formula is C4H5BrO2. The van der Waals surface area contributed by atoms with Gasteiger partial charge in [0.05, 0.1) is 5.33 Å². The first-order chi connectivity index (χ1) is 3.34. The van der Waals surface area contributed by atoms with Gasteiger partial charge in [-0.3, -0.25) is 9.15 Å². The Morgan fingerprint density at radius 2 is 2.29 bits per heavy atom. The molecule has 1 aromatic rings. The summed E-state index contributed by atoms with van der Waals surface area (Å²) >= 11 is 3.20. The highest BCUT2D eigenvalue weighted by molar-refractivity contribution is 9.08. The van der Waals surface area contributed by atoms with Gasteiger partial charge in [0, 0.05) is 6.92 Å². The van der Waals surface area contributed by atoms with E-state index in [4.69, 9.17) is 0 Å². The lowest BCUT2D eigenvalue weighted by Gasteiger charge is -1.97. The Labute approximate surface area is 49.5 Å². The Kier molecular flexibility index (Phi) is 1.23. The number of alkyl halides is 1. The van der Waals surface area contributed by atoms with E-state index in [1.807, 2.05) is 6.92 Å². The second-order valence-electron chi connectivity index (χ2n) is 1.28. The van der Waals surface area contributed by atoms with Crippen molar-refractivity contribution in [3.05, 3.63) is 11.5 Å². The summed E-state index contributed by atoms with van der Waals surface area (Å²) in [5.74, 6) is 1.76. The predicted octanol–water partition coefficient (Wildman–Crippen LogP) is 2.08. The van der Waals surface area contributed by atoms with Gasteiger partial charge >= 0.3 is 0 Å². The van der Waals surface area contributed by atoms with Crippen LogP contribution in [-0.2, 0) is 5.33 Å². The molecule has 1 rings (SSSR count). The molecular weight excluding hydrogens is 160 g/mol. The molecule has 0 atom stereocenters. The summed E-state index contributed by atoms with van der Waals surface area (Å²) in [5, 5.41) is 0.749. The molecule has 2 nitrogen and oxygen atoms in total. The van der Waals surface area contributed by atoms with Crippen LogP contribution in [0.3, 0.4) is 0 Å². The zero-order valence-corrected chi connectivity index (χ0v) is 5.49. The summed E-state index contributed by atoms with van der Waals surface area (Å²) in [7, 11) is 0. The molecule has 0 saturated heterocycles. The largest absolute Gasteiger partial charge is 0.291 e. The van der Waals surface area contributed by atoms with Crippen molar-refractivity contribution in [1.29, 1.82) is 0 Å². The molecule has 0 spiro atoms. The van der Waals surface area contributed by atoms with Crippen molar-refractivity contribution in [3.63, 3.8) is 0 Å². The molecule has 0 saturated carbocycles. The number of halogens is 1. The van der Waals surface area contributed by atoms with Gasteiger partial charge in [-0.05, 0) is 0 Å². The Bertz CT molecular complexity index is 142. The Morgan fingerprint density at radius 1 is 1.57 bits per heavy atom. The fraction of sp³-hybridized carbons (Fsp3) is 0.500. The third-order valence-electron chi connectivity index (χ3n) is 0.781. The summed E-state index contributed by atoms with van der Waals surface area (Å²) < 4.78 is 9.01. The van der Waals surface area contributed by atoms with E-state index in [1.165, 1.54) is 0 Å². The first-order valence-corrected chi connectivity index (χ1v) is 3.07. The normalized spacial score (nSPS) is 10.0. The van der Waals surface area contributed by atoms with E-state index in [9.17, 15) is 0 Å². The van der Waals surface area contributed by atoms with E-state index < -0.39 is 0 Å². The molecule has 0 bridgehead atoms. The number of aryl methyl sites for hydroxylation is 1. The molecule has 0 N–H and O–H groups in total. The molecule has 7 heavy (non-hydrogen) atoms. The lowest BCUT2D eigenvalue weighted by Crippen LogP contribution is -1.85. The van der Waals surface area contributed by atoms with Crippen molar-refractivity contribution in [3.8, 4) is 0 Å². The molecule has 0 amide bonds. The van der Waals surface area contributed by atoms with Crippen LogP contribution in [0.4, 0.5) is 0 Å². The van der Waals surface area contributed by atoms with Gasteiger partial charge in [-0.15, -0.1) is 0 Å². The lowest BCUT2D eigenvalue weighted by molar-refractivity contribution is -0.0246. The first-order valence-electron chi connectivity index (χ1n) is 1.95. The van der Waals surface area contributed by atoms with E-state index in [0.29, 0.717) is 0 Å². The molecule has 1 heterocycles. The quantitative estimate of drug-likeness (QED) is 0.470. The van der Waals surface area contributed by atoms with Crippen molar-refractivity contribution in [2.24, 2.45) is 0 Å². The van der Waals surface area contributed by atoms with Crippen molar-refractivity contribution in [2.45, 2.75) is 12.3 Å². The maximum Gasteiger partial charge on any atom is 0.208 e. The molecule has 0 aliphatic rings. The summed E-state index contributed by atoms with van der Waals surface area (Å²) in [5.41, 5.74) is 0. The summed E-state index contributed by atoms with van der Waals surface area (Å²) in [6.07, 6.45) is 0. The van der Waals surface area contributed by atoms with Crippen LogP contribution >= 0.6 is 15.9 Å². The van der Waals surface area contributed by atoms with Crippen LogP contribution in [0.2, 0.25) is 0 Å². The third-order valence-corrected chi connectivity index (χ3v) is 1.29. The predicted molar refractivity (Wildman–Crippen MR) is 28.3 cm³/mol. The van der Waals surface area contributed by atoms with Gasteiger partial charge in [0.25, 0.3) is 0 Å². The van der Waals surface area contributed by atoms with Crippen LogP contribution in [-0.4, -0.2) is 0 Å². The van der Waals surface area contributed by atoms with Crippen LogP contribution in [0.25, 0.3) is 0 Å². The zero-order valence-electron chi connectivity index (χ0n) is 3.90. The topological polar surface area (TPSA) is 26.3 Å². The van der Waals surface area contributed by atoms with E-state index in [0.717, 1.165) is 16.9 Å². The highest BCUT2D eigenvalue weighted by Gasteiger charge is 2.04. The summed E-state index contributed by atoms with van der Waals surface area (Å²) in [6, 6.07) is 0. The monoisotopic (exact) mass is 164 g/mol. The van der Waals surface area contributed by atoms with Gasteiger partial charge in [0.15, 0.2) is 5.76 Å². The smallest absolute Gasteiger partial charge is 0.208 e. The van der Waals surface area contributed by atoms with Crippen LogP contribution in [0.15, 0.2) is 9.15 Å². The van der Waals surface area contributed by atoms with E-state index in [-0.39, 0.29) is 0 Å². The maximum absolute atomic E-state index is 4.52. The van der Waals surface area contributed by atoms with Crippen LogP contribution in [0.1, 0.15) is 11.5 Å². The van der Waals surface area contributed by atoms with Crippen molar-refractivity contribution < 1.29 is 9.15 Å². The highest BCUT2D eigenvalue weighted by Crippen LogP contribution is 2.14. The molecule has 0 aliphatic carbocycles. The fourth-order valence-electron chi connectivity index (χ4n) is 0.300. The van der Waals surface area contributed by atoms with Crippen molar-refractivity contribution >= 4 is 15.9 Å². The maximum atomic E-state index is 4.52. The van der Waals surface area contributed by atoms with Crippen LogP contribution in [0.5, 0.6) is 0 Å². The highest BCUT2D eigenvalue weighted by atomic mass is 79.9. The van der Waals surface area contributed by atoms with E-state index in [1.54, 1.807) is 0 Å². The second kappa shape index (κ2) is 1.74. The lowest BCUT2D eigenvalue weighted by atomic mass is 10.4. The SMILES string of the molecule is Cc1ooc1CBr. The van der Waals surface area contributed by atoms with Gasteiger partial charge in [0.2, 0.25) is 5.76 Å². The van der Waals surface area contributed by atoms with Gasteiger partial charge < -0.3 is 0 Å². The Morgan fingerprint density at radius 3 is 2.29 bits per heavy atom. The molecule has 0 aromatic carbocycles. The van der Waals surface area contributed by atoms with Gasteiger partial charge in [-0.25, -0.2) is 0 Å². The standard InChI is InChI=1S/C4H5BrO2/c1-3-4(2-5)7-6-3/h2H2,1H3. The van der Waals surface area contributed by atoms with Gasteiger partial charge in [-0.1, -0.05) is 15.9 Å². The Hall–Kier alpha value is -0.180. The number of rotatable bonds is 1. The minimum Gasteiger partial charge on any atom is -0.291 e. The third kappa shape index (κ3) is 0.725. The minimum absolute atomic E-state index is 0.749. The van der Waals surface area contributed by atoms with Gasteiger partial charge in [-0.2, -0.15) is 0 Å². The van der Waals surface area contributed by atoms with E-state index in [2.05, 4.69) is 25.1 Å². The molecule has 3 heteroatoms. The van der Waals surface area contributed by atoms with Crippen molar-refractivity contribution in [1.82, 2.24) is 0 Å². The number of hydrogen-bond acceptors (Lipinski definition) is 2. The Balaban J connectivity index is 2.66.